The molecular weight excluding hydrogens is 466 g/mol. The lowest BCUT2D eigenvalue weighted by atomic mass is 10.1. The Morgan fingerprint density at radius 1 is 1.18 bits per heavy atom. The molecule has 4 rings (SSSR count). The molecule has 1 saturated heterocycles. The van der Waals surface area contributed by atoms with E-state index in [4.69, 9.17) is 28.2 Å². The van der Waals surface area contributed by atoms with E-state index in [0.717, 1.165) is 5.56 Å². The van der Waals surface area contributed by atoms with E-state index in [9.17, 15) is 19.7 Å². The molecule has 0 bridgehead atoms. The number of hydrogen-bond acceptors (Lipinski definition) is 6. The maximum Gasteiger partial charge on any atom is 0.270 e. The van der Waals surface area contributed by atoms with Gasteiger partial charge in [-0.3, -0.25) is 29.9 Å². The summed E-state index contributed by atoms with van der Waals surface area (Å²) >= 11 is 11.4. The Kier molecular flexibility index (Phi) is 6.08. The highest BCUT2D eigenvalue weighted by Crippen LogP contribution is 2.33. The molecule has 33 heavy (non-hydrogen) atoms. The van der Waals surface area contributed by atoms with Gasteiger partial charge in [-0.05, 0) is 54.5 Å². The maximum absolute atomic E-state index is 13.2. The van der Waals surface area contributed by atoms with Crippen molar-refractivity contribution in [1.82, 2.24) is 5.32 Å². The highest BCUT2D eigenvalue weighted by molar-refractivity contribution is 7.80. The quantitative estimate of drug-likeness (QED) is 0.183. The van der Waals surface area contributed by atoms with Crippen LogP contribution in [0.5, 0.6) is 0 Å². The van der Waals surface area contributed by atoms with E-state index in [1.165, 1.54) is 35.2 Å². The van der Waals surface area contributed by atoms with Gasteiger partial charge in [0.15, 0.2) is 5.11 Å². The molecule has 2 amide bonds. The van der Waals surface area contributed by atoms with E-state index in [1.54, 1.807) is 18.2 Å². The Morgan fingerprint density at radius 3 is 2.67 bits per heavy atom. The Labute approximate surface area is 198 Å². The number of benzene rings is 2. The molecule has 1 aliphatic heterocycles. The number of thiocarbonyl (C=S) groups is 1. The SMILES string of the molecule is CCc1ccccc1N1C(=O)C(=Cc2ccc(-c3cc([N+](=O)[O-])ccc3Cl)o2)C(=O)NC1=S. The van der Waals surface area contributed by atoms with Gasteiger partial charge in [-0.2, -0.15) is 0 Å². The number of nitro groups is 1. The van der Waals surface area contributed by atoms with Crippen molar-refractivity contribution in [2.24, 2.45) is 0 Å². The number of furan rings is 1. The number of nitrogens with one attached hydrogen (secondary N) is 1. The summed E-state index contributed by atoms with van der Waals surface area (Å²) in [5, 5.41) is 13.9. The smallest absolute Gasteiger partial charge is 0.270 e. The predicted octanol–water partition coefficient (Wildman–Crippen LogP) is 4.90. The molecule has 0 radical (unpaired) electrons. The van der Waals surface area contributed by atoms with Crippen LogP contribution in [0.1, 0.15) is 18.2 Å². The van der Waals surface area contributed by atoms with Crippen molar-refractivity contribution in [3.05, 3.63) is 86.6 Å². The minimum Gasteiger partial charge on any atom is -0.457 e. The topological polar surface area (TPSA) is 106 Å². The fraction of sp³-hybridized carbons (Fsp3) is 0.0870. The zero-order valence-electron chi connectivity index (χ0n) is 17.2. The molecule has 166 valence electrons. The molecule has 10 heteroatoms. The summed E-state index contributed by atoms with van der Waals surface area (Å²) in [6, 6.07) is 14.3. The highest BCUT2D eigenvalue weighted by Gasteiger charge is 2.35. The Morgan fingerprint density at radius 2 is 1.94 bits per heavy atom. The third-order valence-electron chi connectivity index (χ3n) is 5.05. The molecule has 0 spiro atoms. The first-order valence-corrected chi connectivity index (χ1v) is 10.6. The van der Waals surface area contributed by atoms with Crippen LogP contribution >= 0.6 is 23.8 Å². The highest BCUT2D eigenvalue weighted by atomic mass is 35.5. The average Bonchev–Trinajstić information content (AvgIpc) is 3.25. The summed E-state index contributed by atoms with van der Waals surface area (Å²) in [7, 11) is 0. The fourth-order valence-electron chi connectivity index (χ4n) is 3.44. The van der Waals surface area contributed by atoms with Crippen LogP contribution in [0.15, 0.2) is 64.6 Å². The Bertz CT molecular complexity index is 1350. The first kappa shape index (κ1) is 22.4. The van der Waals surface area contributed by atoms with Crippen molar-refractivity contribution in [2.75, 3.05) is 4.90 Å². The van der Waals surface area contributed by atoms with Crippen LogP contribution in [0.3, 0.4) is 0 Å². The number of non-ortho nitro benzene ring substituents is 1. The molecular formula is C23H16ClN3O5S. The summed E-state index contributed by atoms with van der Waals surface area (Å²) in [6.45, 7) is 1.95. The van der Waals surface area contributed by atoms with Gasteiger partial charge in [-0.25, -0.2) is 0 Å². The maximum atomic E-state index is 13.2. The van der Waals surface area contributed by atoms with Gasteiger partial charge < -0.3 is 4.42 Å². The molecule has 2 heterocycles. The zero-order valence-corrected chi connectivity index (χ0v) is 18.8. The molecule has 8 nitrogen and oxygen atoms in total. The molecule has 0 unspecified atom stereocenters. The predicted molar refractivity (Wildman–Crippen MR) is 128 cm³/mol. The summed E-state index contributed by atoms with van der Waals surface area (Å²) in [5.74, 6) is -0.789. The lowest BCUT2D eigenvalue weighted by molar-refractivity contribution is -0.384. The third-order valence-corrected chi connectivity index (χ3v) is 5.67. The van der Waals surface area contributed by atoms with Crippen LogP contribution in [-0.2, 0) is 16.0 Å². The van der Waals surface area contributed by atoms with Gasteiger partial charge in [0.2, 0.25) is 0 Å². The van der Waals surface area contributed by atoms with Crippen LogP contribution in [0.2, 0.25) is 5.02 Å². The third kappa shape index (κ3) is 4.28. The molecule has 0 atom stereocenters. The van der Waals surface area contributed by atoms with Crippen molar-refractivity contribution in [3.63, 3.8) is 0 Å². The lowest BCUT2D eigenvalue weighted by Crippen LogP contribution is -2.54. The van der Waals surface area contributed by atoms with Crippen LogP contribution in [0.4, 0.5) is 11.4 Å². The van der Waals surface area contributed by atoms with Gasteiger partial charge in [0.25, 0.3) is 17.5 Å². The van der Waals surface area contributed by atoms with Gasteiger partial charge in [0.05, 0.1) is 15.6 Å². The number of halogens is 1. The number of amides is 2. The number of carbonyl (C=O) groups is 2. The summed E-state index contributed by atoms with van der Waals surface area (Å²) in [6.07, 6.45) is 1.97. The number of anilines is 1. The van der Waals surface area contributed by atoms with Crippen LogP contribution in [0, 0.1) is 10.1 Å². The van der Waals surface area contributed by atoms with Gasteiger partial charge in [0, 0.05) is 17.7 Å². The summed E-state index contributed by atoms with van der Waals surface area (Å²) in [4.78, 5) is 37.6. The summed E-state index contributed by atoms with van der Waals surface area (Å²) < 4.78 is 5.73. The normalized spacial score (nSPS) is 15.2. The first-order chi connectivity index (χ1) is 15.8. The number of nitrogens with zero attached hydrogens (tertiary/aromatic N) is 2. The lowest BCUT2D eigenvalue weighted by Gasteiger charge is -2.30. The van der Waals surface area contributed by atoms with Crippen LogP contribution < -0.4 is 10.2 Å². The van der Waals surface area contributed by atoms with Crippen molar-refractivity contribution < 1.29 is 18.9 Å². The zero-order chi connectivity index (χ0) is 23.7. The van der Waals surface area contributed by atoms with E-state index >= 15 is 0 Å². The van der Waals surface area contributed by atoms with Crippen molar-refractivity contribution in [3.8, 4) is 11.3 Å². The number of hydrogen-bond donors (Lipinski definition) is 1. The van der Waals surface area contributed by atoms with Crippen LogP contribution in [-0.4, -0.2) is 21.9 Å². The van der Waals surface area contributed by atoms with Gasteiger partial charge in [0.1, 0.15) is 17.1 Å². The minimum absolute atomic E-state index is 0.00781. The second kappa shape index (κ2) is 8.97. The van der Waals surface area contributed by atoms with E-state index in [0.29, 0.717) is 17.7 Å². The molecule has 1 aromatic heterocycles. The average molecular weight is 482 g/mol. The second-order valence-corrected chi connectivity index (χ2v) is 7.86. The number of carbonyl (C=O) groups excluding carboxylic acids is 2. The fourth-order valence-corrected chi connectivity index (χ4v) is 3.92. The van der Waals surface area contributed by atoms with Gasteiger partial charge >= 0.3 is 0 Å². The molecule has 1 N–H and O–H groups in total. The Hall–Kier alpha value is -3.82. The van der Waals surface area contributed by atoms with E-state index in [-0.39, 0.29) is 32.9 Å². The summed E-state index contributed by atoms with van der Waals surface area (Å²) in [5.41, 5.74) is 1.48. The number of aryl methyl sites for hydroxylation is 1. The molecule has 0 saturated carbocycles. The minimum atomic E-state index is -0.651. The largest absolute Gasteiger partial charge is 0.457 e. The van der Waals surface area contributed by atoms with E-state index < -0.39 is 16.7 Å². The van der Waals surface area contributed by atoms with Crippen molar-refractivity contribution in [1.29, 1.82) is 0 Å². The van der Waals surface area contributed by atoms with Crippen molar-refractivity contribution in [2.45, 2.75) is 13.3 Å². The second-order valence-electron chi connectivity index (χ2n) is 7.06. The van der Waals surface area contributed by atoms with Gasteiger partial charge in [-0.15, -0.1) is 0 Å². The van der Waals surface area contributed by atoms with E-state index in [2.05, 4.69) is 5.32 Å². The molecule has 1 aliphatic rings. The molecule has 1 fully saturated rings. The molecule has 0 aliphatic carbocycles. The Balaban J connectivity index is 1.71. The van der Waals surface area contributed by atoms with Crippen molar-refractivity contribution >= 4 is 58.2 Å². The van der Waals surface area contributed by atoms with E-state index in [1.807, 2.05) is 19.1 Å². The molecule has 3 aromatic rings. The number of para-hydroxylation sites is 1. The first-order valence-electron chi connectivity index (χ1n) is 9.83. The monoisotopic (exact) mass is 481 g/mol. The standard InChI is InChI=1S/C23H16ClN3O5S/c1-2-13-5-3-4-6-19(13)26-22(29)17(21(28)25-23(26)33)12-15-8-10-20(32-15)16-11-14(27(30)31)7-9-18(16)24/h3-12H,2H2,1H3,(H,25,28,33). The number of rotatable bonds is 5. The number of nitro benzene ring substituents is 1. The van der Waals surface area contributed by atoms with Crippen LogP contribution in [0.25, 0.3) is 17.4 Å². The van der Waals surface area contributed by atoms with Gasteiger partial charge in [-0.1, -0.05) is 36.7 Å². The molecule has 2 aromatic carbocycles.